The molecule has 0 aliphatic heterocycles. The van der Waals surface area contributed by atoms with Crippen LogP contribution in [0.25, 0.3) is 0 Å². The fourth-order valence-electron chi connectivity index (χ4n) is 1.99. The molecule has 5 nitrogen and oxygen atoms in total. The number of benzene rings is 1. The second kappa shape index (κ2) is 5.75. The molecular formula is C14H19N3O2. The van der Waals surface area contributed by atoms with E-state index in [4.69, 9.17) is 0 Å². The summed E-state index contributed by atoms with van der Waals surface area (Å²) >= 11 is 0. The average molecular weight is 261 g/mol. The van der Waals surface area contributed by atoms with Crippen LogP contribution in [-0.4, -0.2) is 26.5 Å². The Morgan fingerprint density at radius 3 is 2.79 bits per heavy atom. The van der Waals surface area contributed by atoms with Gasteiger partial charge in [-0.1, -0.05) is 6.07 Å². The van der Waals surface area contributed by atoms with Gasteiger partial charge in [0.2, 0.25) is 0 Å². The van der Waals surface area contributed by atoms with Crippen LogP contribution in [0.1, 0.15) is 24.1 Å². The summed E-state index contributed by atoms with van der Waals surface area (Å²) in [6, 6.07) is 4.66. The summed E-state index contributed by atoms with van der Waals surface area (Å²) in [6.07, 6.45) is 3.82. The number of aryl methyl sites for hydroxylation is 1. The fourth-order valence-corrected chi connectivity index (χ4v) is 1.99. The summed E-state index contributed by atoms with van der Waals surface area (Å²) in [5, 5.41) is 26.5. The SMILES string of the molecule is Cc1cnn(CCNC(C)c2ccc(O)cc2O)c1. The normalized spacial score (nSPS) is 12.5. The van der Waals surface area contributed by atoms with Gasteiger partial charge in [-0.05, 0) is 25.5 Å². The summed E-state index contributed by atoms with van der Waals surface area (Å²) < 4.78 is 1.88. The summed E-state index contributed by atoms with van der Waals surface area (Å²) in [5.41, 5.74) is 1.92. The number of aromatic hydroxyl groups is 2. The third kappa shape index (κ3) is 3.48. The molecule has 2 aromatic rings. The van der Waals surface area contributed by atoms with Gasteiger partial charge in [0.25, 0.3) is 0 Å². The Morgan fingerprint density at radius 2 is 2.16 bits per heavy atom. The average Bonchev–Trinajstić information content (AvgIpc) is 2.75. The molecule has 0 amide bonds. The molecule has 102 valence electrons. The van der Waals surface area contributed by atoms with Gasteiger partial charge in [0.05, 0.1) is 12.7 Å². The van der Waals surface area contributed by atoms with Crippen LogP contribution < -0.4 is 5.32 Å². The lowest BCUT2D eigenvalue weighted by molar-refractivity contribution is 0.433. The minimum absolute atomic E-state index is 0.0114. The van der Waals surface area contributed by atoms with Crippen molar-refractivity contribution in [3.63, 3.8) is 0 Å². The first-order valence-corrected chi connectivity index (χ1v) is 6.30. The monoisotopic (exact) mass is 261 g/mol. The summed E-state index contributed by atoms with van der Waals surface area (Å²) in [5.74, 6) is 0.176. The molecule has 1 atom stereocenters. The molecule has 1 aromatic heterocycles. The fraction of sp³-hybridized carbons (Fsp3) is 0.357. The molecule has 2 rings (SSSR count). The number of phenols is 2. The number of nitrogens with zero attached hydrogens (tertiary/aromatic N) is 2. The van der Waals surface area contributed by atoms with Crippen molar-refractivity contribution in [2.75, 3.05) is 6.54 Å². The van der Waals surface area contributed by atoms with E-state index < -0.39 is 0 Å². The smallest absolute Gasteiger partial charge is 0.124 e. The lowest BCUT2D eigenvalue weighted by Gasteiger charge is -2.15. The van der Waals surface area contributed by atoms with E-state index in [-0.39, 0.29) is 17.5 Å². The quantitative estimate of drug-likeness (QED) is 0.769. The Labute approximate surface area is 112 Å². The van der Waals surface area contributed by atoms with Crippen molar-refractivity contribution in [3.8, 4) is 11.5 Å². The van der Waals surface area contributed by atoms with Gasteiger partial charge in [0.15, 0.2) is 0 Å². The Kier molecular flexibility index (Phi) is 4.06. The van der Waals surface area contributed by atoms with Gasteiger partial charge in [-0.2, -0.15) is 5.10 Å². The Morgan fingerprint density at radius 1 is 1.37 bits per heavy atom. The van der Waals surface area contributed by atoms with Gasteiger partial charge in [-0.25, -0.2) is 0 Å². The van der Waals surface area contributed by atoms with Gasteiger partial charge in [-0.15, -0.1) is 0 Å². The van der Waals surface area contributed by atoms with Gasteiger partial charge >= 0.3 is 0 Å². The van der Waals surface area contributed by atoms with Gasteiger partial charge < -0.3 is 15.5 Å². The molecule has 5 heteroatoms. The molecule has 3 N–H and O–H groups in total. The second-order valence-electron chi connectivity index (χ2n) is 4.70. The number of phenolic OH excluding ortho intramolecular Hbond substituents is 2. The molecule has 19 heavy (non-hydrogen) atoms. The minimum atomic E-state index is 0.0114. The van der Waals surface area contributed by atoms with Crippen molar-refractivity contribution < 1.29 is 10.2 Å². The Balaban J connectivity index is 1.88. The summed E-state index contributed by atoms with van der Waals surface area (Å²) in [4.78, 5) is 0. The third-order valence-corrected chi connectivity index (χ3v) is 3.03. The molecule has 0 aliphatic rings. The van der Waals surface area contributed by atoms with E-state index in [1.54, 1.807) is 12.1 Å². The lowest BCUT2D eigenvalue weighted by Crippen LogP contribution is -2.23. The highest BCUT2D eigenvalue weighted by atomic mass is 16.3. The molecule has 0 saturated heterocycles. The van der Waals surface area contributed by atoms with E-state index in [2.05, 4.69) is 10.4 Å². The number of aromatic nitrogens is 2. The molecule has 0 spiro atoms. The van der Waals surface area contributed by atoms with Crippen molar-refractivity contribution >= 4 is 0 Å². The Hall–Kier alpha value is -2.01. The summed E-state index contributed by atoms with van der Waals surface area (Å²) in [6.45, 7) is 5.51. The second-order valence-corrected chi connectivity index (χ2v) is 4.70. The van der Waals surface area contributed by atoms with E-state index in [0.717, 1.165) is 24.2 Å². The highest BCUT2D eigenvalue weighted by Crippen LogP contribution is 2.27. The first kappa shape index (κ1) is 13.4. The minimum Gasteiger partial charge on any atom is -0.508 e. The van der Waals surface area contributed by atoms with Gasteiger partial charge in [-0.3, -0.25) is 4.68 Å². The molecular weight excluding hydrogens is 242 g/mol. The van der Waals surface area contributed by atoms with Crippen molar-refractivity contribution in [2.45, 2.75) is 26.4 Å². The maximum absolute atomic E-state index is 9.76. The number of nitrogens with one attached hydrogen (secondary N) is 1. The van der Waals surface area contributed by atoms with E-state index in [1.165, 1.54) is 6.07 Å². The molecule has 1 heterocycles. The van der Waals surface area contributed by atoms with Crippen LogP contribution >= 0.6 is 0 Å². The number of rotatable bonds is 5. The van der Waals surface area contributed by atoms with Crippen molar-refractivity contribution in [1.82, 2.24) is 15.1 Å². The number of hydrogen-bond donors (Lipinski definition) is 3. The first-order chi connectivity index (χ1) is 9.06. The van der Waals surface area contributed by atoms with Crippen LogP contribution in [0.4, 0.5) is 0 Å². The van der Waals surface area contributed by atoms with Gasteiger partial charge in [0.1, 0.15) is 11.5 Å². The highest BCUT2D eigenvalue weighted by molar-refractivity contribution is 5.40. The van der Waals surface area contributed by atoms with Crippen LogP contribution in [-0.2, 0) is 6.54 Å². The van der Waals surface area contributed by atoms with Crippen LogP contribution in [0.3, 0.4) is 0 Å². The molecule has 1 aromatic carbocycles. The van der Waals surface area contributed by atoms with Crippen molar-refractivity contribution in [2.24, 2.45) is 0 Å². The molecule has 1 unspecified atom stereocenters. The van der Waals surface area contributed by atoms with Crippen LogP contribution in [0, 0.1) is 6.92 Å². The lowest BCUT2D eigenvalue weighted by atomic mass is 10.1. The standard InChI is InChI=1S/C14H19N3O2/c1-10-8-16-17(9-10)6-5-15-11(2)13-4-3-12(18)7-14(13)19/h3-4,7-9,11,15,18-19H,5-6H2,1-2H3. The molecule has 0 saturated carbocycles. The Bertz CT molecular complexity index is 551. The predicted molar refractivity (Wildman–Crippen MR) is 73.2 cm³/mol. The molecule has 0 bridgehead atoms. The molecule has 0 radical (unpaired) electrons. The zero-order chi connectivity index (χ0) is 13.8. The van der Waals surface area contributed by atoms with E-state index in [0.29, 0.717) is 0 Å². The summed E-state index contributed by atoms with van der Waals surface area (Å²) in [7, 11) is 0. The number of hydrogen-bond acceptors (Lipinski definition) is 4. The van der Waals surface area contributed by atoms with Crippen molar-refractivity contribution in [3.05, 3.63) is 41.7 Å². The topological polar surface area (TPSA) is 70.3 Å². The van der Waals surface area contributed by atoms with E-state index in [9.17, 15) is 10.2 Å². The van der Waals surface area contributed by atoms with Crippen LogP contribution in [0.15, 0.2) is 30.6 Å². The maximum atomic E-state index is 9.76. The van der Waals surface area contributed by atoms with Crippen LogP contribution in [0.2, 0.25) is 0 Å². The molecule has 0 fully saturated rings. The first-order valence-electron chi connectivity index (χ1n) is 6.30. The predicted octanol–water partition coefficient (Wildman–Crippen LogP) is 1.95. The van der Waals surface area contributed by atoms with Crippen LogP contribution in [0.5, 0.6) is 11.5 Å². The highest BCUT2D eigenvalue weighted by Gasteiger charge is 2.10. The van der Waals surface area contributed by atoms with E-state index in [1.807, 2.05) is 30.9 Å². The zero-order valence-electron chi connectivity index (χ0n) is 11.2. The maximum Gasteiger partial charge on any atom is 0.124 e. The third-order valence-electron chi connectivity index (χ3n) is 3.03. The zero-order valence-corrected chi connectivity index (χ0v) is 11.2. The van der Waals surface area contributed by atoms with Gasteiger partial charge in [0, 0.05) is 30.4 Å². The molecule has 0 aliphatic carbocycles. The van der Waals surface area contributed by atoms with Crippen molar-refractivity contribution in [1.29, 1.82) is 0 Å². The van der Waals surface area contributed by atoms with E-state index >= 15 is 0 Å². The largest absolute Gasteiger partial charge is 0.508 e.